The van der Waals surface area contributed by atoms with E-state index in [0.717, 1.165) is 116 Å². The van der Waals surface area contributed by atoms with Crippen molar-refractivity contribution in [2.75, 3.05) is 26.4 Å². The lowest BCUT2D eigenvalue weighted by molar-refractivity contribution is -0.305. The molecule has 6 unspecified atom stereocenters. The predicted octanol–water partition coefficient (Wildman–Crippen LogP) is 11.9. The highest BCUT2D eigenvalue weighted by Gasteiger charge is 2.44. The maximum absolute atomic E-state index is 12.8. The van der Waals surface area contributed by atoms with Gasteiger partial charge in [-0.1, -0.05) is 167 Å². The van der Waals surface area contributed by atoms with Crippen LogP contribution in [0.3, 0.4) is 0 Å². The van der Waals surface area contributed by atoms with Gasteiger partial charge in [0.1, 0.15) is 30.5 Å². The molecule has 1 fully saturated rings. The first kappa shape index (κ1) is 58.6. The van der Waals surface area contributed by atoms with Gasteiger partial charge in [-0.25, -0.2) is 0 Å². The van der Waals surface area contributed by atoms with Crippen molar-refractivity contribution in [3.63, 3.8) is 0 Å². The quantitative estimate of drug-likeness (QED) is 0.0269. The van der Waals surface area contributed by atoms with Gasteiger partial charge in [-0.05, 0) is 103 Å². The van der Waals surface area contributed by atoms with Crippen LogP contribution in [-0.2, 0) is 23.7 Å². The number of esters is 1. The van der Waals surface area contributed by atoms with Crippen LogP contribution in [0.1, 0.15) is 155 Å². The Hall–Kier alpha value is -3.41. The van der Waals surface area contributed by atoms with E-state index in [1.807, 2.05) is 0 Å². The van der Waals surface area contributed by atoms with Crippen LogP contribution in [0, 0.1) is 0 Å². The number of carbonyl (C=O) groups is 1. The Kier molecular flexibility index (Phi) is 41.0. The van der Waals surface area contributed by atoms with Crippen molar-refractivity contribution < 1.29 is 44.2 Å². The van der Waals surface area contributed by atoms with Crippen molar-refractivity contribution in [2.45, 2.75) is 192 Å². The highest BCUT2D eigenvalue weighted by molar-refractivity contribution is 5.69. The second-order valence-electron chi connectivity index (χ2n) is 16.1. The van der Waals surface area contributed by atoms with E-state index in [1.165, 1.54) is 19.3 Å². The molecule has 1 aliphatic rings. The van der Waals surface area contributed by atoms with E-state index in [-0.39, 0.29) is 25.6 Å². The zero-order valence-corrected chi connectivity index (χ0v) is 39.7. The maximum Gasteiger partial charge on any atom is 0.306 e. The molecule has 0 spiro atoms. The van der Waals surface area contributed by atoms with Crippen molar-refractivity contribution in [1.82, 2.24) is 0 Å². The number of hydrogen-bond donors (Lipinski definition) is 4. The summed E-state index contributed by atoms with van der Waals surface area (Å²) in [5.74, 6) is -0.346. The van der Waals surface area contributed by atoms with Crippen LogP contribution in [0.4, 0.5) is 0 Å². The van der Waals surface area contributed by atoms with E-state index in [4.69, 9.17) is 18.9 Å². The summed E-state index contributed by atoms with van der Waals surface area (Å²) in [5, 5.41) is 40.2. The van der Waals surface area contributed by atoms with Gasteiger partial charge in [-0.3, -0.25) is 4.79 Å². The van der Waals surface area contributed by atoms with Crippen molar-refractivity contribution >= 4 is 5.97 Å². The summed E-state index contributed by atoms with van der Waals surface area (Å²) < 4.78 is 22.8. The first-order chi connectivity index (χ1) is 31.4. The van der Waals surface area contributed by atoms with Crippen LogP contribution < -0.4 is 0 Å². The van der Waals surface area contributed by atoms with E-state index < -0.39 is 43.4 Å². The van der Waals surface area contributed by atoms with E-state index in [9.17, 15) is 25.2 Å². The van der Waals surface area contributed by atoms with Crippen LogP contribution in [0.25, 0.3) is 0 Å². The van der Waals surface area contributed by atoms with Crippen LogP contribution >= 0.6 is 0 Å². The van der Waals surface area contributed by atoms with Gasteiger partial charge >= 0.3 is 5.97 Å². The predicted molar refractivity (Wildman–Crippen MR) is 265 cm³/mol. The molecule has 0 radical (unpaired) electrons. The standard InChI is InChI=1S/C55H88O9/c1-3-5-7-9-11-13-15-17-19-21-23-24-25-26-27-28-30-32-34-36-38-40-42-44-51(57)63-49(48-62-55-54(60)53(59)52(58)50(46-56)64-55)47-61-45-43-41-39-37-35-33-31-29-22-20-18-16-14-12-10-8-6-4-2/h5-8,11-14,17-20,23-24,26-27,29,31,35,37,49-50,52-56,58-60H,3-4,9-10,15-16,21-22,25,28,30,32-34,36,38-48H2,1-2H3/b7-5-,8-6-,13-11-,14-12-,19-17-,20-18-,24-23-,27-26-,31-29-,37-35-. The molecule has 1 aliphatic heterocycles. The average molecular weight is 893 g/mol. The third-order valence-corrected chi connectivity index (χ3v) is 10.4. The molecule has 0 aromatic carbocycles. The van der Waals surface area contributed by atoms with E-state index >= 15 is 0 Å². The van der Waals surface area contributed by atoms with Crippen LogP contribution in [0.2, 0.25) is 0 Å². The Labute approximate surface area is 388 Å². The largest absolute Gasteiger partial charge is 0.457 e. The number of rotatable bonds is 40. The lowest BCUT2D eigenvalue weighted by Gasteiger charge is -2.39. The number of aliphatic hydroxyl groups is 4. The molecule has 0 aromatic heterocycles. The third-order valence-electron chi connectivity index (χ3n) is 10.4. The van der Waals surface area contributed by atoms with Crippen molar-refractivity contribution in [3.05, 3.63) is 122 Å². The number of unbranched alkanes of at least 4 members (excludes halogenated alkanes) is 9. The van der Waals surface area contributed by atoms with Crippen LogP contribution in [-0.4, -0.2) is 89.6 Å². The number of hydrogen-bond acceptors (Lipinski definition) is 9. The molecule has 0 aromatic rings. The van der Waals surface area contributed by atoms with Crippen molar-refractivity contribution in [3.8, 4) is 0 Å². The Morgan fingerprint density at radius 2 is 0.906 bits per heavy atom. The fourth-order valence-corrected chi connectivity index (χ4v) is 6.60. The number of allylic oxidation sites excluding steroid dienone is 20. The number of aliphatic hydroxyl groups excluding tert-OH is 4. The fraction of sp³-hybridized carbons (Fsp3) is 0.618. The van der Waals surface area contributed by atoms with E-state index in [1.54, 1.807) is 0 Å². The molecule has 64 heavy (non-hydrogen) atoms. The van der Waals surface area contributed by atoms with Gasteiger partial charge in [0.2, 0.25) is 0 Å². The average Bonchev–Trinajstić information content (AvgIpc) is 3.30. The monoisotopic (exact) mass is 893 g/mol. The summed E-state index contributed by atoms with van der Waals surface area (Å²) >= 11 is 0. The second-order valence-corrected chi connectivity index (χ2v) is 16.1. The molecule has 0 saturated carbocycles. The molecule has 362 valence electrons. The summed E-state index contributed by atoms with van der Waals surface area (Å²) in [6.45, 7) is 4.18. The summed E-state index contributed by atoms with van der Waals surface area (Å²) in [5.41, 5.74) is 0. The van der Waals surface area contributed by atoms with Crippen molar-refractivity contribution in [2.24, 2.45) is 0 Å². The lowest BCUT2D eigenvalue weighted by atomic mass is 9.99. The number of carbonyl (C=O) groups excluding carboxylic acids is 1. The van der Waals surface area contributed by atoms with Gasteiger partial charge in [0.15, 0.2) is 6.29 Å². The molecule has 1 rings (SSSR count). The molecule has 1 saturated heterocycles. The molecular formula is C55H88O9. The first-order valence-electron chi connectivity index (χ1n) is 24.6. The summed E-state index contributed by atoms with van der Waals surface area (Å²) in [4.78, 5) is 12.8. The molecule has 4 N–H and O–H groups in total. The number of ether oxygens (including phenoxy) is 4. The Morgan fingerprint density at radius 3 is 1.36 bits per heavy atom. The SMILES string of the molecule is CC/C=C\C/C=C\C/C=C\C/C=C\C/C=C\CCCCCCCCCC(=O)OC(COCCCC/C=C\C/C=C\C/C=C\C/C=C\C/C=C\CC)COC1OC(CO)C(O)C(O)C1O. The maximum atomic E-state index is 12.8. The molecule has 6 atom stereocenters. The third kappa shape index (κ3) is 34.9. The van der Waals surface area contributed by atoms with Gasteiger partial charge < -0.3 is 39.4 Å². The smallest absolute Gasteiger partial charge is 0.306 e. The molecular weight excluding hydrogens is 805 g/mol. The molecule has 0 amide bonds. The summed E-state index contributed by atoms with van der Waals surface area (Å²) in [6.07, 6.45) is 58.0. The highest BCUT2D eigenvalue weighted by atomic mass is 16.7. The van der Waals surface area contributed by atoms with Gasteiger partial charge in [-0.15, -0.1) is 0 Å². The topological polar surface area (TPSA) is 135 Å². The van der Waals surface area contributed by atoms with Gasteiger partial charge in [0.25, 0.3) is 0 Å². The molecule has 0 bridgehead atoms. The minimum atomic E-state index is -1.56. The Bertz CT molecular complexity index is 1390. The van der Waals surface area contributed by atoms with E-state index in [0.29, 0.717) is 6.61 Å². The Morgan fingerprint density at radius 1 is 0.500 bits per heavy atom. The summed E-state index contributed by atoms with van der Waals surface area (Å²) in [6, 6.07) is 0. The minimum Gasteiger partial charge on any atom is -0.457 e. The van der Waals surface area contributed by atoms with Gasteiger partial charge in [0.05, 0.1) is 19.8 Å². The molecule has 1 heterocycles. The van der Waals surface area contributed by atoms with Crippen molar-refractivity contribution in [1.29, 1.82) is 0 Å². The zero-order chi connectivity index (χ0) is 46.4. The van der Waals surface area contributed by atoms with Crippen LogP contribution in [0.15, 0.2) is 122 Å². The molecule has 9 heteroatoms. The van der Waals surface area contributed by atoms with Gasteiger partial charge in [0, 0.05) is 13.0 Å². The lowest BCUT2D eigenvalue weighted by Crippen LogP contribution is -2.59. The van der Waals surface area contributed by atoms with Crippen LogP contribution in [0.5, 0.6) is 0 Å². The molecule has 0 aliphatic carbocycles. The summed E-state index contributed by atoms with van der Waals surface area (Å²) in [7, 11) is 0. The normalized spacial score (nSPS) is 20.6. The highest BCUT2D eigenvalue weighted by Crippen LogP contribution is 2.22. The van der Waals surface area contributed by atoms with Gasteiger partial charge in [-0.2, -0.15) is 0 Å². The zero-order valence-electron chi connectivity index (χ0n) is 39.7. The first-order valence-corrected chi connectivity index (χ1v) is 24.6. The second kappa shape index (κ2) is 44.8. The fourth-order valence-electron chi connectivity index (χ4n) is 6.60. The Balaban J connectivity index is 2.28. The van der Waals surface area contributed by atoms with E-state index in [2.05, 4.69) is 135 Å². The molecule has 9 nitrogen and oxygen atoms in total. The minimum absolute atomic E-state index is 0.102.